The Hall–Kier alpha value is -2.35. The molecule has 0 spiro atoms. The van der Waals surface area contributed by atoms with Gasteiger partial charge in [0.15, 0.2) is 0 Å². The summed E-state index contributed by atoms with van der Waals surface area (Å²) in [5.41, 5.74) is 0.884. The first-order valence-corrected chi connectivity index (χ1v) is 8.24. The highest BCUT2D eigenvalue weighted by atomic mass is 19.3. The molecule has 3 atom stereocenters. The molecule has 2 heterocycles. The van der Waals surface area contributed by atoms with Crippen molar-refractivity contribution in [3.8, 4) is 0 Å². The first kappa shape index (κ1) is 17.5. The van der Waals surface area contributed by atoms with E-state index in [1.165, 1.54) is 10.9 Å². The highest BCUT2D eigenvalue weighted by Gasteiger charge is 2.38. The van der Waals surface area contributed by atoms with Crippen LogP contribution in [0.4, 0.5) is 14.5 Å². The van der Waals surface area contributed by atoms with Gasteiger partial charge in [-0.25, -0.2) is 8.78 Å². The minimum atomic E-state index is -2.49. The van der Waals surface area contributed by atoms with Gasteiger partial charge in [0.2, 0.25) is 0 Å². The van der Waals surface area contributed by atoms with E-state index in [4.69, 9.17) is 0 Å². The molecule has 0 radical (unpaired) electrons. The molecule has 0 aliphatic carbocycles. The molecule has 0 saturated carbocycles. The molecular weight excluding hydrogens is 330 g/mol. The van der Waals surface area contributed by atoms with Crippen LogP contribution in [0.2, 0.25) is 0 Å². The molecule has 0 N–H and O–H groups in total. The number of nitro groups is 1. The second-order valence-electron chi connectivity index (χ2n) is 6.34. The zero-order valence-corrected chi connectivity index (χ0v) is 13.8. The topological polar surface area (TPSA) is 64.2 Å². The third-order valence-electron chi connectivity index (χ3n) is 4.90. The molecule has 1 aliphatic heterocycles. The van der Waals surface area contributed by atoms with Crippen molar-refractivity contribution in [1.29, 1.82) is 0 Å². The molecule has 8 heteroatoms. The van der Waals surface area contributed by atoms with Gasteiger partial charge in [-0.05, 0) is 25.3 Å². The molecule has 0 amide bonds. The van der Waals surface area contributed by atoms with Crippen molar-refractivity contribution in [2.24, 2.45) is 0 Å². The van der Waals surface area contributed by atoms with Gasteiger partial charge in [-0.15, -0.1) is 0 Å². The predicted octanol–water partition coefficient (Wildman–Crippen LogP) is 3.82. The summed E-state index contributed by atoms with van der Waals surface area (Å²) in [6.07, 6.45) is 0.840. The van der Waals surface area contributed by atoms with Crippen LogP contribution in [0.15, 0.2) is 42.7 Å². The van der Waals surface area contributed by atoms with Crippen LogP contribution >= 0.6 is 0 Å². The lowest BCUT2D eigenvalue weighted by atomic mass is 9.94. The second-order valence-corrected chi connectivity index (χ2v) is 6.34. The Morgan fingerprint density at radius 1 is 1.32 bits per heavy atom. The van der Waals surface area contributed by atoms with E-state index in [2.05, 4.69) is 5.10 Å². The van der Waals surface area contributed by atoms with E-state index in [0.717, 1.165) is 11.8 Å². The summed E-state index contributed by atoms with van der Waals surface area (Å²) >= 11 is 0. The van der Waals surface area contributed by atoms with E-state index < -0.39 is 17.4 Å². The molecule has 1 saturated heterocycles. The van der Waals surface area contributed by atoms with Gasteiger partial charge < -0.3 is 0 Å². The Morgan fingerprint density at radius 2 is 2.04 bits per heavy atom. The number of nitrogens with zero attached hydrogens (tertiary/aromatic N) is 4. The standard InChI is InChI=1S/C17H20F2N4O2/c1-12(13-5-3-2-4-6-13)21-8-7-14(9-16(21)17(18)19)22-11-15(10-20-22)23(24)25/h2-6,10-12,14,16-17H,7-9H2,1H3. The minimum absolute atomic E-state index is 0.117. The van der Waals surface area contributed by atoms with Gasteiger partial charge in [0.25, 0.3) is 6.43 Å². The van der Waals surface area contributed by atoms with Crippen molar-refractivity contribution in [1.82, 2.24) is 14.7 Å². The number of rotatable bonds is 5. The number of piperidine rings is 1. The van der Waals surface area contributed by atoms with Crippen LogP contribution in [0.3, 0.4) is 0 Å². The number of hydrogen-bond donors (Lipinski definition) is 0. The van der Waals surface area contributed by atoms with Crippen LogP contribution in [0, 0.1) is 10.1 Å². The van der Waals surface area contributed by atoms with E-state index >= 15 is 0 Å². The summed E-state index contributed by atoms with van der Waals surface area (Å²) in [5.74, 6) is 0. The van der Waals surface area contributed by atoms with Crippen molar-refractivity contribution < 1.29 is 13.7 Å². The van der Waals surface area contributed by atoms with Gasteiger partial charge in [0, 0.05) is 12.6 Å². The van der Waals surface area contributed by atoms with Crippen molar-refractivity contribution in [2.45, 2.75) is 44.3 Å². The lowest BCUT2D eigenvalue weighted by Crippen LogP contribution is -2.48. The van der Waals surface area contributed by atoms with Crippen LogP contribution in [0.5, 0.6) is 0 Å². The van der Waals surface area contributed by atoms with Crippen LogP contribution in [-0.2, 0) is 0 Å². The van der Waals surface area contributed by atoms with Crippen molar-refractivity contribution in [3.05, 3.63) is 58.4 Å². The van der Waals surface area contributed by atoms with Gasteiger partial charge in [-0.1, -0.05) is 30.3 Å². The Morgan fingerprint density at radius 3 is 2.64 bits per heavy atom. The summed E-state index contributed by atoms with van der Waals surface area (Å²) in [6, 6.07) is 8.30. The molecule has 1 fully saturated rings. The van der Waals surface area contributed by atoms with Crippen molar-refractivity contribution >= 4 is 5.69 Å². The number of hydrogen-bond acceptors (Lipinski definition) is 4. The van der Waals surface area contributed by atoms with Gasteiger partial charge in [0.1, 0.15) is 12.4 Å². The zero-order chi connectivity index (χ0) is 18.0. The summed E-state index contributed by atoms with van der Waals surface area (Å²) in [6.45, 7) is 2.42. The number of likely N-dealkylation sites (tertiary alicyclic amines) is 1. The van der Waals surface area contributed by atoms with E-state index in [0.29, 0.717) is 13.0 Å². The van der Waals surface area contributed by atoms with E-state index in [1.807, 2.05) is 42.2 Å². The Balaban J connectivity index is 1.77. The zero-order valence-electron chi connectivity index (χ0n) is 13.8. The van der Waals surface area contributed by atoms with Gasteiger partial charge in [-0.2, -0.15) is 5.10 Å². The van der Waals surface area contributed by atoms with Gasteiger partial charge in [-0.3, -0.25) is 19.7 Å². The molecular formula is C17H20F2N4O2. The molecule has 6 nitrogen and oxygen atoms in total. The third-order valence-corrected chi connectivity index (χ3v) is 4.90. The van der Waals surface area contributed by atoms with E-state index in [-0.39, 0.29) is 24.2 Å². The van der Waals surface area contributed by atoms with Crippen molar-refractivity contribution in [3.63, 3.8) is 0 Å². The average Bonchev–Trinajstić information content (AvgIpc) is 3.12. The smallest absolute Gasteiger partial charge is 0.288 e. The summed E-state index contributed by atoms with van der Waals surface area (Å²) in [4.78, 5) is 12.1. The molecule has 134 valence electrons. The Bertz CT molecular complexity index is 722. The molecule has 3 unspecified atom stereocenters. The highest BCUT2D eigenvalue weighted by Crippen LogP contribution is 2.35. The van der Waals surface area contributed by atoms with Crippen molar-refractivity contribution in [2.75, 3.05) is 6.54 Å². The first-order chi connectivity index (χ1) is 12.0. The molecule has 0 bridgehead atoms. The second kappa shape index (κ2) is 7.26. The number of aromatic nitrogens is 2. The van der Waals surface area contributed by atoms with Gasteiger partial charge >= 0.3 is 5.69 Å². The van der Waals surface area contributed by atoms with Crippen LogP contribution in [0.25, 0.3) is 0 Å². The normalized spacial score (nSPS) is 22.9. The summed E-state index contributed by atoms with van der Waals surface area (Å²) in [7, 11) is 0. The average molecular weight is 350 g/mol. The fourth-order valence-electron chi connectivity index (χ4n) is 3.51. The largest absolute Gasteiger partial charge is 0.307 e. The molecule has 1 aromatic heterocycles. The molecule has 2 aromatic rings. The Kier molecular flexibility index (Phi) is 5.08. The number of alkyl halides is 2. The predicted molar refractivity (Wildman–Crippen MR) is 88.5 cm³/mol. The fourth-order valence-corrected chi connectivity index (χ4v) is 3.51. The molecule has 3 rings (SSSR count). The maximum atomic E-state index is 13.7. The third kappa shape index (κ3) is 3.68. The first-order valence-electron chi connectivity index (χ1n) is 8.24. The summed E-state index contributed by atoms with van der Waals surface area (Å²) < 4.78 is 28.8. The van der Waals surface area contributed by atoms with E-state index in [9.17, 15) is 18.9 Å². The van der Waals surface area contributed by atoms with Crippen LogP contribution in [-0.4, -0.2) is 38.6 Å². The number of benzene rings is 1. The highest BCUT2D eigenvalue weighted by molar-refractivity contribution is 5.21. The SMILES string of the molecule is CC(c1ccccc1)N1CCC(n2cc([N+](=O)[O-])cn2)CC1C(F)F. The fraction of sp³-hybridized carbons (Fsp3) is 0.471. The van der Waals surface area contributed by atoms with Gasteiger partial charge in [0.05, 0.1) is 17.0 Å². The maximum absolute atomic E-state index is 13.7. The minimum Gasteiger partial charge on any atom is -0.288 e. The monoisotopic (exact) mass is 350 g/mol. The lowest BCUT2D eigenvalue weighted by Gasteiger charge is -2.42. The molecule has 1 aromatic carbocycles. The quantitative estimate of drug-likeness (QED) is 0.607. The maximum Gasteiger partial charge on any atom is 0.307 e. The summed E-state index contributed by atoms with van der Waals surface area (Å²) in [5, 5.41) is 14.8. The van der Waals surface area contributed by atoms with Crippen LogP contribution in [0.1, 0.15) is 37.4 Å². The van der Waals surface area contributed by atoms with Crippen LogP contribution < -0.4 is 0 Å². The Labute approximate surface area is 144 Å². The number of halogens is 2. The lowest BCUT2D eigenvalue weighted by molar-refractivity contribution is -0.385. The molecule has 25 heavy (non-hydrogen) atoms. The molecule has 1 aliphatic rings. The van der Waals surface area contributed by atoms with E-state index in [1.54, 1.807) is 0 Å².